The summed E-state index contributed by atoms with van der Waals surface area (Å²) in [5.41, 5.74) is 8.18. The lowest BCUT2D eigenvalue weighted by atomic mass is 10.1. The van der Waals surface area contributed by atoms with Gasteiger partial charge in [-0.05, 0) is 18.1 Å². The van der Waals surface area contributed by atoms with E-state index in [0.717, 1.165) is 13.1 Å². The minimum atomic E-state index is -0.143. The number of oxime groups is 1. The van der Waals surface area contributed by atoms with Crippen LogP contribution >= 0.6 is 0 Å². The Kier molecular flexibility index (Phi) is 5.35. The van der Waals surface area contributed by atoms with Crippen molar-refractivity contribution in [1.82, 2.24) is 4.90 Å². The molecule has 21 heavy (non-hydrogen) atoms. The van der Waals surface area contributed by atoms with Crippen molar-refractivity contribution < 1.29 is 5.21 Å². The fraction of sp³-hybridized carbons (Fsp3) is 0.235. The van der Waals surface area contributed by atoms with Crippen LogP contribution in [0, 0.1) is 0 Å². The van der Waals surface area contributed by atoms with Crippen LogP contribution in [0.25, 0.3) is 0 Å². The van der Waals surface area contributed by atoms with Crippen molar-refractivity contribution in [2.45, 2.75) is 26.1 Å². The molecule has 110 valence electrons. The van der Waals surface area contributed by atoms with Gasteiger partial charge >= 0.3 is 0 Å². The lowest BCUT2D eigenvalue weighted by Crippen LogP contribution is -2.42. The quantitative estimate of drug-likeness (QED) is 0.371. The first-order valence-electron chi connectivity index (χ1n) is 7.00. The minimum absolute atomic E-state index is 0.143. The Balaban J connectivity index is 2.18. The van der Waals surface area contributed by atoms with Gasteiger partial charge in [0.2, 0.25) is 0 Å². The van der Waals surface area contributed by atoms with Gasteiger partial charge < -0.3 is 10.9 Å². The van der Waals surface area contributed by atoms with Crippen molar-refractivity contribution in [3.63, 3.8) is 0 Å². The van der Waals surface area contributed by atoms with E-state index in [9.17, 15) is 0 Å². The molecule has 0 aliphatic heterocycles. The molecule has 0 aromatic heterocycles. The second-order valence-corrected chi connectivity index (χ2v) is 5.08. The molecule has 2 aromatic rings. The van der Waals surface area contributed by atoms with Crippen LogP contribution in [0.5, 0.6) is 0 Å². The normalized spacial score (nSPS) is 13.3. The van der Waals surface area contributed by atoms with Crippen LogP contribution < -0.4 is 5.73 Å². The Bertz CT molecular complexity index is 528. The Morgan fingerprint density at radius 1 is 1.00 bits per heavy atom. The third-order valence-corrected chi connectivity index (χ3v) is 3.55. The Morgan fingerprint density at radius 3 is 1.81 bits per heavy atom. The lowest BCUT2D eigenvalue weighted by Gasteiger charge is -2.28. The molecule has 0 saturated carbocycles. The number of amidine groups is 1. The van der Waals surface area contributed by atoms with Gasteiger partial charge in [-0.15, -0.1) is 0 Å². The number of hydrogen-bond donors (Lipinski definition) is 2. The zero-order chi connectivity index (χ0) is 15.1. The van der Waals surface area contributed by atoms with Gasteiger partial charge in [-0.2, -0.15) is 0 Å². The highest BCUT2D eigenvalue weighted by Crippen LogP contribution is 2.13. The summed E-state index contributed by atoms with van der Waals surface area (Å²) in [5, 5.41) is 12.1. The third-order valence-electron chi connectivity index (χ3n) is 3.55. The van der Waals surface area contributed by atoms with E-state index in [1.54, 1.807) is 0 Å². The maximum atomic E-state index is 8.92. The molecular formula is C17H21N3O. The zero-order valence-corrected chi connectivity index (χ0v) is 12.2. The van der Waals surface area contributed by atoms with Crippen LogP contribution in [0.4, 0.5) is 0 Å². The molecule has 4 heteroatoms. The number of nitrogens with two attached hydrogens (primary N) is 1. The van der Waals surface area contributed by atoms with Gasteiger partial charge in [0.25, 0.3) is 0 Å². The lowest BCUT2D eigenvalue weighted by molar-refractivity contribution is 0.226. The summed E-state index contributed by atoms with van der Waals surface area (Å²) in [4.78, 5) is 2.18. The minimum Gasteiger partial charge on any atom is -0.409 e. The largest absolute Gasteiger partial charge is 0.409 e. The van der Waals surface area contributed by atoms with Gasteiger partial charge in [-0.25, -0.2) is 0 Å². The monoisotopic (exact) mass is 283 g/mol. The van der Waals surface area contributed by atoms with E-state index >= 15 is 0 Å². The Morgan fingerprint density at radius 2 is 1.43 bits per heavy atom. The Labute approximate surface area is 125 Å². The summed E-state index contributed by atoms with van der Waals surface area (Å²) in [7, 11) is 0. The molecule has 0 aliphatic rings. The topological polar surface area (TPSA) is 61.9 Å². The van der Waals surface area contributed by atoms with Crippen LogP contribution in [0.15, 0.2) is 65.8 Å². The molecule has 0 spiro atoms. The number of nitrogens with zero attached hydrogens (tertiary/aromatic N) is 2. The molecule has 0 fully saturated rings. The molecule has 1 unspecified atom stereocenters. The summed E-state index contributed by atoms with van der Waals surface area (Å²) in [5.74, 6) is 0.224. The average molecular weight is 283 g/mol. The predicted octanol–water partition coefficient (Wildman–Crippen LogP) is 2.82. The van der Waals surface area contributed by atoms with Crippen molar-refractivity contribution in [3.05, 3.63) is 71.8 Å². The molecule has 0 radical (unpaired) electrons. The van der Waals surface area contributed by atoms with Crippen molar-refractivity contribution in [2.75, 3.05) is 0 Å². The highest BCUT2D eigenvalue weighted by Gasteiger charge is 2.18. The van der Waals surface area contributed by atoms with Gasteiger partial charge in [0, 0.05) is 13.1 Å². The zero-order valence-electron chi connectivity index (χ0n) is 12.2. The fourth-order valence-corrected chi connectivity index (χ4v) is 2.24. The highest BCUT2D eigenvalue weighted by molar-refractivity contribution is 5.84. The van der Waals surface area contributed by atoms with Crippen LogP contribution in [-0.4, -0.2) is 22.0 Å². The van der Waals surface area contributed by atoms with E-state index in [1.165, 1.54) is 11.1 Å². The first kappa shape index (κ1) is 15.1. The first-order valence-corrected chi connectivity index (χ1v) is 7.00. The molecule has 0 amide bonds. The number of benzene rings is 2. The molecule has 2 rings (SSSR count). The van der Waals surface area contributed by atoms with Crippen molar-refractivity contribution in [1.29, 1.82) is 0 Å². The van der Waals surface area contributed by atoms with Gasteiger partial charge in [0.1, 0.15) is 0 Å². The number of hydrogen-bond acceptors (Lipinski definition) is 3. The van der Waals surface area contributed by atoms with Gasteiger partial charge in [-0.3, -0.25) is 4.90 Å². The highest BCUT2D eigenvalue weighted by atomic mass is 16.4. The SMILES string of the molecule is CC(C(N)=NO)N(Cc1ccccc1)Cc1ccccc1. The van der Waals surface area contributed by atoms with E-state index < -0.39 is 0 Å². The van der Waals surface area contributed by atoms with Gasteiger partial charge in [0.05, 0.1) is 6.04 Å². The van der Waals surface area contributed by atoms with E-state index in [4.69, 9.17) is 10.9 Å². The van der Waals surface area contributed by atoms with Gasteiger partial charge in [0.15, 0.2) is 5.84 Å². The second kappa shape index (κ2) is 7.45. The molecule has 4 nitrogen and oxygen atoms in total. The van der Waals surface area contributed by atoms with Crippen LogP contribution in [-0.2, 0) is 13.1 Å². The van der Waals surface area contributed by atoms with E-state index in [2.05, 4.69) is 34.3 Å². The summed E-state index contributed by atoms with van der Waals surface area (Å²) >= 11 is 0. The summed E-state index contributed by atoms with van der Waals surface area (Å²) in [6.07, 6.45) is 0. The predicted molar refractivity (Wildman–Crippen MR) is 85.0 cm³/mol. The third kappa shape index (κ3) is 4.33. The Hall–Kier alpha value is -2.33. The summed E-state index contributed by atoms with van der Waals surface area (Å²) in [6, 6.07) is 20.2. The maximum absolute atomic E-state index is 8.92. The average Bonchev–Trinajstić information content (AvgIpc) is 2.54. The van der Waals surface area contributed by atoms with Crippen molar-refractivity contribution >= 4 is 5.84 Å². The maximum Gasteiger partial charge on any atom is 0.156 e. The van der Waals surface area contributed by atoms with Crippen molar-refractivity contribution in [3.8, 4) is 0 Å². The molecular weight excluding hydrogens is 262 g/mol. The summed E-state index contributed by atoms with van der Waals surface area (Å²) in [6.45, 7) is 3.43. The molecule has 3 N–H and O–H groups in total. The molecule has 0 bridgehead atoms. The molecule has 2 aromatic carbocycles. The van der Waals surface area contributed by atoms with E-state index in [1.807, 2.05) is 43.3 Å². The smallest absolute Gasteiger partial charge is 0.156 e. The standard InChI is InChI=1S/C17H21N3O/c1-14(17(18)19-21)20(12-15-8-4-2-5-9-15)13-16-10-6-3-7-11-16/h2-11,14,21H,12-13H2,1H3,(H2,18,19). The molecule has 0 saturated heterocycles. The fourth-order valence-electron chi connectivity index (χ4n) is 2.24. The van der Waals surface area contributed by atoms with E-state index in [-0.39, 0.29) is 11.9 Å². The second-order valence-electron chi connectivity index (χ2n) is 5.08. The molecule has 1 atom stereocenters. The van der Waals surface area contributed by atoms with Crippen molar-refractivity contribution in [2.24, 2.45) is 10.9 Å². The van der Waals surface area contributed by atoms with E-state index in [0.29, 0.717) is 0 Å². The number of rotatable bonds is 6. The molecule has 0 heterocycles. The van der Waals surface area contributed by atoms with Gasteiger partial charge in [-0.1, -0.05) is 65.8 Å². The van der Waals surface area contributed by atoms with Crippen LogP contribution in [0.3, 0.4) is 0 Å². The molecule has 0 aliphatic carbocycles. The van der Waals surface area contributed by atoms with Crippen LogP contribution in [0.2, 0.25) is 0 Å². The summed E-state index contributed by atoms with van der Waals surface area (Å²) < 4.78 is 0. The van der Waals surface area contributed by atoms with Crippen LogP contribution in [0.1, 0.15) is 18.1 Å². The first-order chi connectivity index (χ1) is 10.2.